The molecule has 1 atom stereocenters. The van der Waals surface area contributed by atoms with Crippen molar-refractivity contribution in [2.24, 2.45) is 0 Å². The summed E-state index contributed by atoms with van der Waals surface area (Å²) >= 11 is -2.17. The highest BCUT2D eigenvalue weighted by Crippen LogP contribution is 2.12. The fraction of sp³-hybridized carbons (Fsp3) is 0.143. The molecule has 1 rings (SSSR count). The zero-order chi connectivity index (χ0) is 10.8. The van der Waals surface area contributed by atoms with Crippen molar-refractivity contribution in [1.82, 2.24) is 4.72 Å². The van der Waals surface area contributed by atoms with Crippen molar-refractivity contribution in [3.05, 3.63) is 24.3 Å². The zero-order valence-corrected chi connectivity index (χ0v) is 8.93. The Labute approximate surface area is 84.5 Å². The van der Waals surface area contributed by atoms with Gasteiger partial charge in [0, 0.05) is 0 Å². The maximum Gasteiger partial charge on any atom is 0.240 e. The Morgan fingerprint density at radius 3 is 2.57 bits per heavy atom. The number of hydrogen-bond donors (Lipinski definition) is 2. The molecule has 0 fully saturated rings. The lowest BCUT2D eigenvalue weighted by atomic mass is 10.4. The minimum absolute atomic E-state index is 0.0279. The van der Waals surface area contributed by atoms with E-state index in [9.17, 15) is 12.6 Å². The van der Waals surface area contributed by atoms with Crippen molar-refractivity contribution in [1.29, 1.82) is 0 Å². The molecule has 0 aliphatic rings. The molecule has 0 bridgehead atoms. The SMILES string of the molecule is CNS(=O)(=O)c1cccc(S(=O)O)c1. The van der Waals surface area contributed by atoms with Crippen LogP contribution in [-0.4, -0.2) is 24.2 Å². The van der Waals surface area contributed by atoms with E-state index in [-0.39, 0.29) is 9.79 Å². The second kappa shape index (κ2) is 4.18. The van der Waals surface area contributed by atoms with Gasteiger partial charge in [0.05, 0.1) is 9.79 Å². The van der Waals surface area contributed by atoms with Gasteiger partial charge >= 0.3 is 0 Å². The van der Waals surface area contributed by atoms with Gasteiger partial charge in [-0.3, -0.25) is 0 Å². The van der Waals surface area contributed by atoms with E-state index in [1.165, 1.54) is 25.2 Å². The van der Waals surface area contributed by atoms with Crippen LogP contribution < -0.4 is 4.72 Å². The van der Waals surface area contributed by atoms with Crippen LogP contribution >= 0.6 is 0 Å². The summed E-state index contributed by atoms with van der Waals surface area (Å²) in [7, 11) is -2.27. The van der Waals surface area contributed by atoms with Crippen molar-refractivity contribution < 1.29 is 17.2 Å². The Hall–Kier alpha value is -0.760. The fourth-order valence-electron chi connectivity index (χ4n) is 0.868. The highest BCUT2D eigenvalue weighted by Gasteiger charge is 2.12. The molecule has 1 aromatic carbocycles. The molecule has 0 spiro atoms. The van der Waals surface area contributed by atoms with Gasteiger partial charge < -0.3 is 4.55 Å². The van der Waals surface area contributed by atoms with E-state index < -0.39 is 21.1 Å². The third-order valence-electron chi connectivity index (χ3n) is 1.59. The molecule has 78 valence electrons. The second-order valence-electron chi connectivity index (χ2n) is 2.43. The monoisotopic (exact) mass is 235 g/mol. The fourth-order valence-corrected chi connectivity index (χ4v) is 2.14. The van der Waals surface area contributed by atoms with E-state index in [0.717, 1.165) is 6.07 Å². The average Bonchev–Trinajstić information content (AvgIpc) is 2.18. The first-order chi connectivity index (χ1) is 6.47. The van der Waals surface area contributed by atoms with Crippen molar-refractivity contribution in [2.75, 3.05) is 7.05 Å². The van der Waals surface area contributed by atoms with Crippen LogP contribution in [0.25, 0.3) is 0 Å². The van der Waals surface area contributed by atoms with E-state index in [0.29, 0.717) is 0 Å². The number of rotatable bonds is 3. The first-order valence-electron chi connectivity index (χ1n) is 3.62. The first-order valence-corrected chi connectivity index (χ1v) is 6.21. The Morgan fingerprint density at radius 1 is 1.43 bits per heavy atom. The molecular weight excluding hydrogens is 226 g/mol. The van der Waals surface area contributed by atoms with Gasteiger partial charge in [-0.2, -0.15) is 0 Å². The van der Waals surface area contributed by atoms with Gasteiger partial charge in [0.25, 0.3) is 0 Å². The van der Waals surface area contributed by atoms with Crippen LogP contribution in [0.2, 0.25) is 0 Å². The quantitative estimate of drug-likeness (QED) is 0.732. The van der Waals surface area contributed by atoms with E-state index in [4.69, 9.17) is 4.55 Å². The van der Waals surface area contributed by atoms with Crippen molar-refractivity contribution in [3.63, 3.8) is 0 Å². The summed E-state index contributed by atoms with van der Waals surface area (Å²) in [5.41, 5.74) is 0. The van der Waals surface area contributed by atoms with E-state index in [1.54, 1.807) is 0 Å². The highest BCUT2D eigenvalue weighted by molar-refractivity contribution is 7.89. The molecule has 0 amide bonds. The molecule has 1 aromatic rings. The Morgan fingerprint density at radius 2 is 2.07 bits per heavy atom. The maximum absolute atomic E-state index is 11.3. The van der Waals surface area contributed by atoms with Gasteiger partial charge in [-0.1, -0.05) is 6.07 Å². The van der Waals surface area contributed by atoms with Crippen LogP contribution in [0.1, 0.15) is 0 Å². The lowest BCUT2D eigenvalue weighted by molar-refractivity contribution is 0.564. The first kappa shape index (κ1) is 11.3. The predicted octanol–water partition coefficient (Wildman–Crippen LogP) is 0.175. The smallest absolute Gasteiger partial charge is 0.240 e. The van der Waals surface area contributed by atoms with Gasteiger partial charge in [-0.15, -0.1) is 0 Å². The van der Waals surface area contributed by atoms with Crippen LogP contribution in [0.3, 0.4) is 0 Å². The van der Waals surface area contributed by atoms with Crippen LogP contribution in [0.15, 0.2) is 34.1 Å². The molecular formula is C7H9NO4S2. The Kier molecular flexibility index (Phi) is 3.38. The largest absolute Gasteiger partial charge is 0.302 e. The van der Waals surface area contributed by atoms with Crippen LogP contribution in [0.5, 0.6) is 0 Å². The van der Waals surface area contributed by atoms with Crippen LogP contribution in [0.4, 0.5) is 0 Å². The summed E-state index contributed by atoms with van der Waals surface area (Å²) in [6.45, 7) is 0. The van der Waals surface area contributed by atoms with Crippen LogP contribution in [0, 0.1) is 0 Å². The molecule has 0 aliphatic heterocycles. The summed E-state index contributed by atoms with van der Waals surface area (Å²) in [4.78, 5) is 0.0289. The van der Waals surface area contributed by atoms with Crippen LogP contribution in [-0.2, 0) is 21.1 Å². The van der Waals surface area contributed by atoms with Crippen molar-refractivity contribution >= 4 is 21.1 Å². The molecule has 0 aromatic heterocycles. The topological polar surface area (TPSA) is 83.5 Å². The molecule has 2 N–H and O–H groups in total. The van der Waals surface area contributed by atoms with E-state index >= 15 is 0 Å². The summed E-state index contributed by atoms with van der Waals surface area (Å²) < 4.78 is 44.1. The molecule has 14 heavy (non-hydrogen) atoms. The van der Waals surface area contributed by atoms with Gasteiger partial charge in [0.2, 0.25) is 10.0 Å². The average molecular weight is 235 g/mol. The summed E-state index contributed by atoms with van der Waals surface area (Å²) in [6, 6.07) is 5.29. The van der Waals surface area contributed by atoms with Crippen molar-refractivity contribution in [2.45, 2.75) is 9.79 Å². The van der Waals surface area contributed by atoms with Gasteiger partial charge in [0.15, 0.2) is 11.1 Å². The summed E-state index contributed by atoms with van der Waals surface area (Å²) in [5.74, 6) is 0. The molecule has 0 aliphatic carbocycles. The Bertz CT molecular complexity index is 455. The molecule has 0 radical (unpaired) electrons. The maximum atomic E-state index is 11.3. The number of benzene rings is 1. The number of sulfonamides is 1. The standard InChI is InChI=1S/C7H9NO4S2/c1-8-14(11,12)7-4-2-3-6(5-7)13(9)10/h2-5,8H,1H3,(H,9,10). The molecule has 5 nitrogen and oxygen atoms in total. The molecule has 0 saturated heterocycles. The third kappa shape index (κ3) is 2.38. The number of hydrogen-bond acceptors (Lipinski definition) is 3. The van der Waals surface area contributed by atoms with Gasteiger partial charge in [0.1, 0.15) is 0 Å². The van der Waals surface area contributed by atoms with E-state index in [2.05, 4.69) is 4.72 Å². The van der Waals surface area contributed by atoms with Crippen molar-refractivity contribution in [3.8, 4) is 0 Å². The minimum atomic E-state index is -3.55. The number of nitrogens with one attached hydrogen (secondary N) is 1. The van der Waals surface area contributed by atoms with Gasteiger partial charge in [-0.05, 0) is 25.2 Å². The lowest BCUT2D eigenvalue weighted by Crippen LogP contribution is -2.18. The summed E-state index contributed by atoms with van der Waals surface area (Å²) in [5, 5.41) is 0. The van der Waals surface area contributed by atoms with Gasteiger partial charge in [-0.25, -0.2) is 17.3 Å². The molecule has 0 heterocycles. The second-order valence-corrected chi connectivity index (χ2v) is 5.29. The molecule has 1 unspecified atom stereocenters. The minimum Gasteiger partial charge on any atom is -0.302 e. The van der Waals surface area contributed by atoms with E-state index in [1.807, 2.05) is 0 Å². The molecule has 0 saturated carbocycles. The predicted molar refractivity (Wildman–Crippen MR) is 51.7 cm³/mol. The summed E-state index contributed by atoms with van der Waals surface area (Å²) in [6.07, 6.45) is 0. The molecule has 7 heteroatoms. The zero-order valence-electron chi connectivity index (χ0n) is 7.30. The lowest BCUT2D eigenvalue weighted by Gasteiger charge is -2.02. The normalized spacial score (nSPS) is 13.9. The highest BCUT2D eigenvalue weighted by atomic mass is 32.2. The third-order valence-corrected chi connectivity index (χ3v) is 3.66. The Balaban J connectivity index is 3.26.